The van der Waals surface area contributed by atoms with Gasteiger partial charge in [-0.3, -0.25) is 19.2 Å². The third-order valence-corrected chi connectivity index (χ3v) is 8.30. The van der Waals surface area contributed by atoms with E-state index in [1.165, 1.54) is 32.0 Å². The lowest BCUT2D eigenvalue weighted by molar-refractivity contribution is -0.175. The van der Waals surface area contributed by atoms with Gasteiger partial charge in [-0.1, -0.05) is 82.5 Å². The van der Waals surface area contributed by atoms with Crippen molar-refractivity contribution in [3.63, 3.8) is 0 Å². The van der Waals surface area contributed by atoms with E-state index >= 15 is 0 Å². The average molecular weight is 747 g/mol. The van der Waals surface area contributed by atoms with Crippen molar-refractivity contribution in [2.45, 2.75) is 91.1 Å². The number of aromatic hydroxyl groups is 1. The van der Waals surface area contributed by atoms with Gasteiger partial charge in [-0.05, 0) is 62.6 Å². The van der Waals surface area contributed by atoms with E-state index in [4.69, 9.17) is 14.2 Å². The zero-order valence-corrected chi connectivity index (χ0v) is 31.2. The quantitative estimate of drug-likeness (QED) is 0.0428. The number of para-hydroxylation sites is 3. The van der Waals surface area contributed by atoms with Gasteiger partial charge in [0.25, 0.3) is 5.91 Å². The molecule has 290 valence electrons. The molecule has 4 amide bonds. The van der Waals surface area contributed by atoms with Crippen molar-refractivity contribution in [2.24, 2.45) is 11.8 Å². The van der Waals surface area contributed by atoms with Gasteiger partial charge in [0.2, 0.25) is 6.41 Å². The van der Waals surface area contributed by atoms with Crippen molar-refractivity contribution >= 4 is 53.3 Å². The van der Waals surface area contributed by atoms with Crippen molar-refractivity contribution < 1.29 is 48.1 Å². The van der Waals surface area contributed by atoms with Gasteiger partial charge in [0.05, 0.1) is 17.2 Å². The van der Waals surface area contributed by atoms with Gasteiger partial charge >= 0.3 is 23.9 Å². The van der Waals surface area contributed by atoms with E-state index in [1.807, 2.05) is 81.4 Å². The zero-order chi connectivity index (χ0) is 39.6. The maximum absolute atomic E-state index is 13.3. The first-order valence-corrected chi connectivity index (χ1v) is 18.0. The first-order chi connectivity index (χ1) is 25.8. The summed E-state index contributed by atoms with van der Waals surface area (Å²) in [7, 11) is 0. The number of amides is 4. The van der Waals surface area contributed by atoms with Crippen LogP contribution in [0.15, 0.2) is 78.9 Å². The number of unbranched alkanes of at least 4 members (excludes halogenated alkanes) is 2. The minimum atomic E-state index is -1.42. The number of ether oxygens (including phenoxy) is 3. The molecule has 5 unspecified atom stereocenters. The van der Waals surface area contributed by atoms with Crippen molar-refractivity contribution in [2.75, 3.05) is 16.0 Å². The van der Waals surface area contributed by atoms with Crippen LogP contribution in [0.25, 0.3) is 0 Å². The number of rotatable bonds is 13. The minimum absolute atomic E-state index is 0.00114. The summed E-state index contributed by atoms with van der Waals surface area (Å²) in [6, 6.07) is 21.1. The Morgan fingerprint density at radius 2 is 1.43 bits per heavy atom. The van der Waals surface area contributed by atoms with Crippen molar-refractivity contribution in [3.05, 3.63) is 84.4 Å². The van der Waals surface area contributed by atoms with Crippen LogP contribution in [0.2, 0.25) is 0 Å². The van der Waals surface area contributed by atoms with Crippen LogP contribution in [0.5, 0.6) is 5.75 Å². The molecule has 0 saturated carbocycles. The molecule has 1 aliphatic rings. The fraction of sp³-hybridized carbons (Fsp3) is 0.400. The van der Waals surface area contributed by atoms with Crippen molar-refractivity contribution in [3.8, 4) is 5.75 Å². The molecule has 54 heavy (non-hydrogen) atoms. The van der Waals surface area contributed by atoms with Crippen LogP contribution >= 0.6 is 0 Å². The molecule has 1 fully saturated rings. The van der Waals surface area contributed by atoms with Crippen LogP contribution in [0.3, 0.4) is 0 Å². The van der Waals surface area contributed by atoms with Gasteiger partial charge < -0.3 is 40.6 Å². The van der Waals surface area contributed by atoms with E-state index in [-0.39, 0.29) is 29.6 Å². The molecule has 5 N–H and O–H groups in total. The second-order valence-corrected chi connectivity index (χ2v) is 13.2. The Morgan fingerprint density at radius 1 is 0.833 bits per heavy atom. The number of benzene rings is 3. The van der Waals surface area contributed by atoms with Crippen LogP contribution in [0.4, 0.5) is 21.9 Å². The molecule has 0 radical (unpaired) electrons. The molecule has 14 heteroatoms. The molecule has 0 aromatic heterocycles. The summed E-state index contributed by atoms with van der Waals surface area (Å²) in [5, 5.41) is 20.6. The third-order valence-electron chi connectivity index (χ3n) is 8.30. The molecule has 3 aromatic carbocycles. The number of urea groups is 1. The fourth-order valence-electron chi connectivity index (χ4n) is 5.56. The zero-order valence-electron chi connectivity index (χ0n) is 31.2. The Morgan fingerprint density at radius 3 is 1.98 bits per heavy atom. The topological polar surface area (TPSA) is 198 Å². The lowest BCUT2D eigenvalue weighted by atomic mass is 9.92. The Hall–Kier alpha value is -5.92. The van der Waals surface area contributed by atoms with Crippen molar-refractivity contribution in [1.82, 2.24) is 5.32 Å². The van der Waals surface area contributed by atoms with E-state index in [1.54, 1.807) is 0 Å². The number of esters is 3. The predicted molar refractivity (Wildman–Crippen MR) is 203 cm³/mol. The van der Waals surface area contributed by atoms with Gasteiger partial charge in [0.1, 0.15) is 12.2 Å². The highest BCUT2D eigenvalue weighted by molar-refractivity contribution is 6.01. The van der Waals surface area contributed by atoms with Gasteiger partial charge in [0, 0.05) is 17.8 Å². The van der Waals surface area contributed by atoms with E-state index in [9.17, 15) is 33.9 Å². The summed E-state index contributed by atoms with van der Waals surface area (Å²) in [5.41, 5.74) is 1.33. The number of hydrogen-bond donors (Lipinski definition) is 5. The third kappa shape index (κ3) is 13.2. The molecular weight excluding hydrogens is 696 g/mol. The SMILES string of the molecule is CCCCCC1C(=O)OC(C)C(NC(=O)c2cccc(NC=O)c2O)C(=O)OC(C)C1OC(=O)CC(C)C.O=C(Nc1ccccc1)Nc1ccccc1. The molecule has 1 aliphatic heterocycles. The summed E-state index contributed by atoms with van der Waals surface area (Å²) in [6.45, 7) is 8.70. The number of carbonyl (C=O) groups excluding carboxylic acids is 6. The van der Waals surface area contributed by atoms with E-state index in [0.717, 1.165) is 24.2 Å². The molecule has 0 bridgehead atoms. The average Bonchev–Trinajstić information content (AvgIpc) is 3.15. The molecule has 1 heterocycles. The second-order valence-electron chi connectivity index (χ2n) is 13.2. The Kier molecular flexibility index (Phi) is 17.0. The number of cyclic esters (lactones) is 2. The van der Waals surface area contributed by atoms with E-state index in [0.29, 0.717) is 19.3 Å². The summed E-state index contributed by atoms with van der Waals surface area (Å²) >= 11 is 0. The van der Waals surface area contributed by atoms with Gasteiger partial charge in [0.15, 0.2) is 17.9 Å². The molecule has 1 saturated heterocycles. The Bertz CT molecular complexity index is 1660. The molecule has 0 spiro atoms. The van der Waals surface area contributed by atoms with E-state index in [2.05, 4.69) is 21.3 Å². The summed E-state index contributed by atoms with van der Waals surface area (Å²) in [4.78, 5) is 74.3. The molecule has 3 aromatic rings. The highest BCUT2D eigenvalue weighted by Crippen LogP contribution is 2.29. The fourth-order valence-corrected chi connectivity index (χ4v) is 5.56. The molecule has 4 rings (SSSR count). The number of phenolic OH excluding ortho intramolecular Hbond substituents is 1. The first kappa shape index (κ1) is 42.5. The van der Waals surface area contributed by atoms with Crippen LogP contribution < -0.4 is 21.3 Å². The molecular formula is C40H50N4O10. The summed E-state index contributed by atoms with van der Waals surface area (Å²) in [5.74, 6) is -4.27. The maximum atomic E-state index is 13.3. The molecule has 5 atom stereocenters. The smallest absolute Gasteiger partial charge is 0.332 e. The van der Waals surface area contributed by atoms with E-state index < -0.39 is 59.8 Å². The molecule has 0 aliphatic carbocycles. The van der Waals surface area contributed by atoms with Gasteiger partial charge in [-0.25, -0.2) is 9.59 Å². The number of anilines is 3. The monoisotopic (exact) mass is 746 g/mol. The van der Waals surface area contributed by atoms with Crippen LogP contribution in [-0.2, 0) is 33.4 Å². The number of phenols is 1. The maximum Gasteiger partial charge on any atom is 0.332 e. The summed E-state index contributed by atoms with van der Waals surface area (Å²) in [6.07, 6.45) is 0.0639. The first-order valence-electron chi connectivity index (χ1n) is 18.0. The number of hydrogen-bond acceptors (Lipinski definition) is 10. The highest BCUT2D eigenvalue weighted by atomic mass is 16.6. The predicted octanol–water partition coefficient (Wildman–Crippen LogP) is 6.42. The lowest BCUT2D eigenvalue weighted by Gasteiger charge is -2.29. The van der Waals surface area contributed by atoms with Gasteiger partial charge in [-0.2, -0.15) is 0 Å². The number of nitrogens with one attached hydrogen (secondary N) is 4. The lowest BCUT2D eigenvalue weighted by Crippen LogP contribution is -2.50. The Labute approximate surface area is 315 Å². The number of carbonyl (C=O) groups is 6. The van der Waals surface area contributed by atoms with Crippen molar-refractivity contribution in [1.29, 1.82) is 0 Å². The van der Waals surface area contributed by atoms with Crippen LogP contribution in [-0.4, -0.2) is 65.7 Å². The second kappa shape index (κ2) is 21.6. The minimum Gasteiger partial charge on any atom is -0.505 e. The normalized spacial score (nSPS) is 19.6. The highest BCUT2D eigenvalue weighted by Gasteiger charge is 2.44. The van der Waals surface area contributed by atoms with Crippen LogP contribution in [0.1, 0.15) is 77.1 Å². The van der Waals surface area contributed by atoms with Crippen LogP contribution in [0, 0.1) is 11.8 Å². The largest absolute Gasteiger partial charge is 0.505 e. The standard InChI is InChI=1S/C27H38N2O9.C13H12N2O/c1-6-7-8-10-19-24(38-21(31)13-15(2)3)17(5)37-27(35)22(16(4)36-26(19)34)29-25(33)18-11-9-12-20(23(18)32)28-14-30;16-13(14-11-7-3-1-4-8-11)15-12-9-5-2-6-10-12/h9,11-12,14-17,19,22,24,32H,6-8,10,13H2,1-5H3,(H,28,30)(H,29,33);1-10H,(H2,14,15,16). The summed E-state index contributed by atoms with van der Waals surface area (Å²) < 4.78 is 16.9. The molecule has 14 nitrogen and oxygen atoms in total. The Balaban J connectivity index is 0.000000404. The van der Waals surface area contributed by atoms with Gasteiger partial charge in [-0.15, -0.1) is 0 Å².